The molecule has 0 saturated heterocycles. The molecule has 0 spiro atoms. The molecule has 0 radical (unpaired) electrons. The summed E-state index contributed by atoms with van der Waals surface area (Å²) in [5, 5.41) is 12.6. The maximum absolute atomic E-state index is 13.5. The van der Waals surface area contributed by atoms with E-state index in [0.29, 0.717) is 10.9 Å². The van der Waals surface area contributed by atoms with Crippen LogP contribution < -0.4 is 0 Å². The molecule has 0 bridgehead atoms. The third kappa shape index (κ3) is 3.16. The molecular weight excluding hydrogens is 416 g/mol. The summed E-state index contributed by atoms with van der Waals surface area (Å²) < 4.78 is 11.2. The highest BCUT2D eigenvalue weighted by Crippen LogP contribution is 2.33. The Labute approximate surface area is 180 Å². The van der Waals surface area contributed by atoms with Gasteiger partial charge in [-0.3, -0.25) is 14.9 Å². The summed E-state index contributed by atoms with van der Waals surface area (Å²) in [6, 6.07) is 14.0. The zero-order chi connectivity index (χ0) is 23.0. The fourth-order valence-electron chi connectivity index (χ4n) is 3.74. The summed E-state index contributed by atoms with van der Waals surface area (Å²) in [6.45, 7) is 0. The molecule has 4 rings (SSSR count). The topological polar surface area (TPSA) is 117 Å². The minimum atomic E-state index is -0.910. The number of nitrogens with zero attached hydrogens (tertiary/aromatic N) is 2. The van der Waals surface area contributed by atoms with Crippen molar-refractivity contribution in [3.8, 4) is 0 Å². The van der Waals surface area contributed by atoms with Crippen LogP contribution >= 0.6 is 0 Å². The van der Waals surface area contributed by atoms with Crippen molar-refractivity contribution >= 4 is 39.7 Å². The van der Waals surface area contributed by atoms with E-state index in [0.717, 1.165) is 18.6 Å². The fraction of sp³-hybridized carbons (Fsp3) is 0.0870. The molecule has 32 heavy (non-hydrogen) atoms. The van der Waals surface area contributed by atoms with Crippen molar-refractivity contribution in [2.75, 3.05) is 14.2 Å². The molecule has 0 atom stereocenters. The second-order valence-corrected chi connectivity index (χ2v) is 6.84. The molecule has 0 aliphatic heterocycles. The number of methoxy groups -OCH3 is 2. The van der Waals surface area contributed by atoms with Crippen molar-refractivity contribution in [1.82, 2.24) is 4.40 Å². The van der Waals surface area contributed by atoms with Crippen LogP contribution in [0.1, 0.15) is 36.8 Å². The van der Waals surface area contributed by atoms with Crippen molar-refractivity contribution in [3.63, 3.8) is 0 Å². The van der Waals surface area contributed by atoms with Gasteiger partial charge < -0.3 is 13.9 Å². The Morgan fingerprint density at radius 2 is 1.59 bits per heavy atom. The van der Waals surface area contributed by atoms with E-state index in [1.54, 1.807) is 24.4 Å². The molecular formula is C23H16N2O7. The number of carbonyl (C=O) groups is 3. The van der Waals surface area contributed by atoms with Crippen LogP contribution in [0.4, 0.5) is 5.69 Å². The average Bonchev–Trinajstić information content (AvgIpc) is 3.18. The molecule has 9 nitrogen and oxygen atoms in total. The normalized spacial score (nSPS) is 10.8. The van der Waals surface area contributed by atoms with Crippen LogP contribution in [0.25, 0.3) is 16.3 Å². The maximum atomic E-state index is 13.5. The quantitative estimate of drug-likeness (QED) is 0.204. The number of rotatable bonds is 5. The number of nitro benzene ring substituents is 1. The number of aromatic nitrogens is 1. The number of ether oxygens (including phenoxy) is 2. The number of ketones is 1. The molecule has 0 saturated carbocycles. The second kappa shape index (κ2) is 7.95. The molecule has 2 aromatic heterocycles. The maximum Gasteiger partial charge on any atom is 0.341 e. The van der Waals surface area contributed by atoms with E-state index < -0.39 is 22.6 Å². The van der Waals surface area contributed by atoms with Crippen LogP contribution in [0.5, 0.6) is 0 Å². The van der Waals surface area contributed by atoms with Crippen molar-refractivity contribution in [3.05, 3.63) is 93.3 Å². The van der Waals surface area contributed by atoms with Gasteiger partial charge in [0.15, 0.2) is 0 Å². The van der Waals surface area contributed by atoms with Gasteiger partial charge in [-0.25, -0.2) is 9.59 Å². The molecule has 9 heteroatoms. The predicted octanol–water partition coefficient (Wildman–Crippen LogP) is 3.80. The Morgan fingerprint density at radius 3 is 2.28 bits per heavy atom. The van der Waals surface area contributed by atoms with E-state index in [2.05, 4.69) is 0 Å². The van der Waals surface area contributed by atoms with Gasteiger partial charge in [-0.2, -0.15) is 0 Å². The van der Waals surface area contributed by atoms with E-state index in [4.69, 9.17) is 9.47 Å². The molecule has 0 N–H and O–H groups in total. The second-order valence-electron chi connectivity index (χ2n) is 6.84. The average molecular weight is 432 g/mol. The van der Waals surface area contributed by atoms with Crippen LogP contribution in [0, 0.1) is 10.1 Å². The van der Waals surface area contributed by atoms with Gasteiger partial charge in [-0.1, -0.05) is 36.4 Å². The Bertz CT molecular complexity index is 1440. The van der Waals surface area contributed by atoms with E-state index >= 15 is 0 Å². The molecule has 160 valence electrons. The van der Waals surface area contributed by atoms with Crippen LogP contribution in [0.15, 0.2) is 60.8 Å². The summed E-state index contributed by atoms with van der Waals surface area (Å²) in [4.78, 5) is 49.7. The largest absolute Gasteiger partial charge is 0.465 e. The first kappa shape index (κ1) is 20.7. The fourth-order valence-corrected chi connectivity index (χ4v) is 3.74. The number of hydrogen-bond donors (Lipinski definition) is 0. The Morgan fingerprint density at radius 1 is 0.906 bits per heavy atom. The van der Waals surface area contributed by atoms with Crippen molar-refractivity contribution in [2.45, 2.75) is 0 Å². The first-order valence-corrected chi connectivity index (χ1v) is 9.40. The van der Waals surface area contributed by atoms with Gasteiger partial charge in [0.2, 0.25) is 5.78 Å². The number of non-ortho nitro benzene ring substituents is 1. The first-order chi connectivity index (χ1) is 15.4. The monoisotopic (exact) mass is 432 g/mol. The number of hydrogen-bond acceptors (Lipinski definition) is 7. The van der Waals surface area contributed by atoms with Crippen LogP contribution in [-0.2, 0) is 9.47 Å². The molecule has 0 fully saturated rings. The van der Waals surface area contributed by atoms with E-state index in [1.165, 1.54) is 29.7 Å². The van der Waals surface area contributed by atoms with Gasteiger partial charge in [0.25, 0.3) is 5.69 Å². The summed E-state index contributed by atoms with van der Waals surface area (Å²) in [5.41, 5.74) is -0.553. The van der Waals surface area contributed by atoms with E-state index in [-0.39, 0.29) is 28.1 Å². The van der Waals surface area contributed by atoms with Crippen LogP contribution in [0.2, 0.25) is 0 Å². The number of nitro groups is 1. The smallest absolute Gasteiger partial charge is 0.341 e. The summed E-state index contributed by atoms with van der Waals surface area (Å²) in [5.74, 6) is -2.42. The lowest BCUT2D eigenvalue weighted by molar-refractivity contribution is -0.384. The van der Waals surface area contributed by atoms with Gasteiger partial charge in [-0.15, -0.1) is 0 Å². The standard InChI is InChI=1S/C23H16N2O7/c1-31-22(27)17-18(23(28)32-2)20(21(26)14-7-5-8-15(12-14)25(29)30)24-11-10-13-6-3-4-9-16(13)19(17)24/h3-12H,1-2H3. The number of pyridine rings is 1. The SMILES string of the molecule is COC(=O)c1c(C(=O)OC)c2c3ccccc3ccn2c1C(=O)c1cccc([N+](=O)[O-])c1. The highest BCUT2D eigenvalue weighted by molar-refractivity contribution is 6.22. The first-order valence-electron chi connectivity index (χ1n) is 9.40. The molecule has 0 amide bonds. The summed E-state index contributed by atoms with van der Waals surface area (Å²) in [6.07, 6.45) is 1.56. The minimum absolute atomic E-state index is 0.0201. The highest BCUT2D eigenvalue weighted by atomic mass is 16.6. The van der Waals surface area contributed by atoms with Crippen molar-refractivity contribution in [2.24, 2.45) is 0 Å². The minimum Gasteiger partial charge on any atom is -0.465 e. The molecule has 0 aliphatic rings. The third-order valence-corrected chi connectivity index (χ3v) is 5.14. The number of carbonyl (C=O) groups excluding carboxylic acids is 3. The van der Waals surface area contributed by atoms with Crippen LogP contribution in [0.3, 0.4) is 0 Å². The van der Waals surface area contributed by atoms with Crippen molar-refractivity contribution in [1.29, 1.82) is 0 Å². The van der Waals surface area contributed by atoms with E-state index in [9.17, 15) is 24.5 Å². The molecule has 2 heterocycles. The van der Waals surface area contributed by atoms with E-state index in [1.807, 2.05) is 12.1 Å². The molecule has 0 unspecified atom stereocenters. The van der Waals surface area contributed by atoms with Gasteiger partial charge in [0, 0.05) is 29.3 Å². The summed E-state index contributed by atoms with van der Waals surface area (Å²) >= 11 is 0. The summed E-state index contributed by atoms with van der Waals surface area (Å²) in [7, 11) is 2.30. The lowest BCUT2D eigenvalue weighted by Crippen LogP contribution is -2.15. The van der Waals surface area contributed by atoms with Gasteiger partial charge in [-0.05, 0) is 11.5 Å². The Kier molecular flexibility index (Phi) is 5.15. The Balaban J connectivity index is 2.14. The lowest BCUT2D eigenvalue weighted by Gasteiger charge is -2.07. The third-order valence-electron chi connectivity index (χ3n) is 5.14. The van der Waals surface area contributed by atoms with Crippen molar-refractivity contribution < 1.29 is 28.8 Å². The zero-order valence-corrected chi connectivity index (χ0v) is 17.0. The molecule has 2 aromatic carbocycles. The number of fused-ring (bicyclic) bond motifs is 3. The van der Waals surface area contributed by atoms with Crippen LogP contribution in [-0.4, -0.2) is 41.3 Å². The zero-order valence-electron chi connectivity index (χ0n) is 17.0. The number of esters is 2. The van der Waals surface area contributed by atoms with Gasteiger partial charge in [0.05, 0.1) is 24.7 Å². The Hall–Kier alpha value is -4.53. The van der Waals surface area contributed by atoms with Gasteiger partial charge >= 0.3 is 11.9 Å². The highest BCUT2D eigenvalue weighted by Gasteiger charge is 2.34. The lowest BCUT2D eigenvalue weighted by atomic mass is 10.0. The number of benzene rings is 2. The molecule has 4 aromatic rings. The van der Waals surface area contributed by atoms with Gasteiger partial charge in [0.1, 0.15) is 16.8 Å². The predicted molar refractivity (Wildman–Crippen MR) is 114 cm³/mol. The molecule has 0 aliphatic carbocycles.